The Morgan fingerprint density at radius 2 is 1.81 bits per heavy atom. The number of aromatic nitrogens is 2. The number of rotatable bonds is 4. The van der Waals surface area contributed by atoms with Crippen molar-refractivity contribution in [2.45, 2.75) is 19.1 Å². The molecule has 4 heterocycles. The normalized spacial score (nSPS) is 15.1. The molecule has 1 aliphatic heterocycles. The number of hydrogen-bond acceptors (Lipinski definition) is 5. The van der Waals surface area contributed by atoms with Crippen molar-refractivity contribution in [2.75, 3.05) is 26.2 Å². The van der Waals surface area contributed by atoms with E-state index >= 15 is 0 Å². The van der Waals surface area contributed by atoms with E-state index in [2.05, 4.69) is 6.07 Å². The molecule has 1 aliphatic rings. The average Bonchev–Trinajstić information content (AvgIpc) is 3.47. The Balaban J connectivity index is 1.50. The van der Waals surface area contributed by atoms with Crippen molar-refractivity contribution in [3.05, 3.63) is 72.2 Å². The van der Waals surface area contributed by atoms with Gasteiger partial charge in [-0.15, -0.1) is 0 Å². The van der Waals surface area contributed by atoms with E-state index in [9.17, 15) is 18.0 Å². The number of furan rings is 1. The predicted molar refractivity (Wildman–Crippen MR) is 126 cm³/mol. The van der Waals surface area contributed by atoms with Crippen molar-refractivity contribution in [3.63, 3.8) is 0 Å². The Hall–Kier alpha value is -4.10. The van der Waals surface area contributed by atoms with E-state index in [1.54, 1.807) is 18.4 Å². The molecule has 1 fully saturated rings. The van der Waals surface area contributed by atoms with E-state index in [0.29, 0.717) is 43.0 Å². The van der Waals surface area contributed by atoms with Crippen molar-refractivity contribution in [2.24, 2.45) is 0 Å². The van der Waals surface area contributed by atoms with E-state index < -0.39 is 12.1 Å². The summed E-state index contributed by atoms with van der Waals surface area (Å²) in [4.78, 5) is 19.5. The van der Waals surface area contributed by atoms with Gasteiger partial charge in [0.1, 0.15) is 11.4 Å². The lowest BCUT2D eigenvalue weighted by Crippen LogP contribution is -2.43. The van der Waals surface area contributed by atoms with Crippen LogP contribution in [-0.2, 0) is 11.3 Å². The fraction of sp³-hybridized carbons (Fsp3) is 0.269. The molecule has 1 amide bonds. The van der Waals surface area contributed by atoms with E-state index in [1.807, 2.05) is 51.9 Å². The summed E-state index contributed by atoms with van der Waals surface area (Å²) in [7, 11) is 0. The third-order valence-electron chi connectivity index (χ3n) is 6.30. The first-order valence-electron chi connectivity index (χ1n) is 11.5. The molecular weight excluding hydrogens is 471 g/mol. The van der Waals surface area contributed by atoms with Crippen LogP contribution in [0.25, 0.3) is 28.2 Å². The van der Waals surface area contributed by atoms with Crippen molar-refractivity contribution in [1.29, 1.82) is 5.26 Å². The van der Waals surface area contributed by atoms with E-state index in [1.165, 1.54) is 0 Å². The Bertz CT molecular complexity index is 1420. The highest BCUT2D eigenvalue weighted by atomic mass is 19.4. The summed E-state index contributed by atoms with van der Waals surface area (Å²) < 4.78 is 46.4. The summed E-state index contributed by atoms with van der Waals surface area (Å²) in [5, 5.41) is 9.16. The van der Waals surface area contributed by atoms with Gasteiger partial charge in [-0.2, -0.15) is 18.4 Å². The molecule has 0 atom stereocenters. The van der Waals surface area contributed by atoms with E-state index in [4.69, 9.17) is 14.7 Å². The Morgan fingerprint density at radius 3 is 2.50 bits per heavy atom. The second-order valence-electron chi connectivity index (χ2n) is 8.64. The molecule has 1 saturated heterocycles. The summed E-state index contributed by atoms with van der Waals surface area (Å²) in [6.07, 6.45) is -0.910. The Morgan fingerprint density at radius 1 is 1.03 bits per heavy atom. The summed E-state index contributed by atoms with van der Waals surface area (Å²) in [6, 6.07) is 16.7. The van der Waals surface area contributed by atoms with Gasteiger partial charge in [-0.05, 0) is 42.8 Å². The maximum Gasteiger partial charge on any atom is 0.471 e. The van der Waals surface area contributed by atoms with Crippen molar-refractivity contribution in [3.8, 4) is 28.7 Å². The highest BCUT2D eigenvalue weighted by Crippen LogP contribution is 2.29. The van der Waals surface area contributed by atoms with Crippen molar-refractivity contribution in [1.82, 2.24) is 19.2 Å². The highest BCUT2D eigenvalue weighted by molar-refractivity contribution is 5.81. The maximum atomic E-state index is 12.9. The van der Waals surface area contributed by atoms with Gasteiger partial charge in [0, 0.05) is 50.0 Å². The van der Waals surface area contributed by atoms with E-state index in [0.717, 1.165) is 27.4 Å². The third-order valence-corrected chi connectivity index (χ3v) is 6.30. The zero-order chi connectivity index (χ0) is 25.3. The van der Waals surface area contributed by atoms with Gasteiger partial charge in [-0.3, -0.25) is 9.69 Å². The second kappa shape index (κ2) is 9.51. The molecule has 184 valence electrons. The number of nitriles is 1. The maximum absolute atomic E-state index is 12.9. The van der Waals surface area contributed by atoms with E-state index in [-0.39, 0.29) is 13.1 Å². The first-order valence-corrected chi connectivity index (χ1v) is 11.5. The van der Waals surface area contributed by atoms with Gasteiger partial charge in [0.2, 0.25) is 0 Å². The number of benzene rings is 1. The van der Waals surface area contributed by atoms with Crippen LogP contribution in [0.4, 0.5) is 13.2 Å². The first-order chi connectivity index (χ1) is 17.3. The third kappa shape index (κ3) is 4.70. The number of carbonyl (C=O) groups is 1. The molecule has 7 nitrogen and oxygen atoms in total. The Kier molecular flexibility index (Phi) is 6.24. The lowest BCUT2D eigenvalue weighted by Gasteiger charge is -2.23. The smallest absolute Gasteiger partial charge is 0.464 e. The number of imidazole rings is 1. The van der Waals surface area contributed by atoms with Crippen LogP contribution in [0.2, 0.25) is 0 Å². The molecule has 0 bridgehead atoms. The van der Waals surface area contributed by atoms with Crippen LogP contribution in [0.3, 0.4) is 0 Å². The predicted octanol–water partition coefficient (Wildman–Crippen LogP) is 4.73. The zero-order valence-corrected chi connectivity index (χ0v) is 19.2. The topological polar surface area (TPSA) is 77.8 Å². The lowest BCUT2D eigenvalue weighted by molar-refractivity contribution is -0.185. The lowest BCUT2D eigenvalue weighted by atomic mass is 10.1. The fourth-order valence-corrected chi connectivity index (χ4v) is 4.49. The Labute approximate surface area is 205 Å². The van der Waals surface area contributed by atoms with Gasteiger partial charge in [0.15, 0.2) is 0 Å². The summed E-state index contributed by atoms with van der Waals surface area (Å²) in [5.74, 6) is -1.09. The number of fused-ring (bicyclic) bond motifs is 1. The molecule has 4 aromatic rings. The monoisotopic (exact) mass is 493 g/mol. The molecule has 0 spiro atoms. The van der Waals surface area contributed by atoms with Gasteiger partial charge in [0.05, 0.1) is 29.3 Å². The summed E-state index contributed by atoms with van der Waals surface area (Å²) >= 11 is 0. The minimum absolute atomic E-state index is 0.00107. The minimum Gasteiger partial charge on any atom is -0.464 e. The molecule has 36 heavy (non-hydrogen) atoms. The van der Waals surface area contributed by atoms with Gasteiger partial charge >= 0.3 is 12.1 Å². The number of hydrogen-bond donors (Lipinski definition) is 0. The van der Waals surface area contributed by atoms with Crippen molar-refractivity contribution >= 4 is 11.6 Å². The largest absolute Gasteiger partial charge is 0.471 e. The molecule has 0 unspecified atom stereocenters. The van der Waals surface area contributed by atoms with Crippen molar-refractivity contribution < 1.29 is 22.4 Å². The average molecular weight is 493 g/mol. The molecule has 5 rings (SSSR count). The summed E-state index contributed by atoms with van der Waals surface area (Å²) in [6.45, 7) is 1.33. The van der Waals surface area contributed by atoms with Crippen LogP contribution in [0, 0.1) is 11.3 Å². The van der Waals surface area contributed by atoms with Crippen LogP contribution < -0.4 is 0 Å². The first kappa shape index (κ1) is 23.6. The molecule has 0 aliphatic carbocycles. The fourth-order valence-electron chi connectivity index (χ4n) is 4.49. The van der Waals surface area contributed by atoms with Gasteiger partial charge in [0.25, 0.3) is 0 Å². The summed E-state index contributed by atoms with van der Waals surface area (Å²) in [5.41, 5.74) is 4.52. The van der Waals surface area contributed by atoms with Gasteiger partial charge in [-0.25, -0.2) is 4.98 Å². The number of carbonyl (C=O) groups excluding carboxylic acids is 1. The molecular formula is C26H22F3N5O2. The molecule has 0 radical (unpaired) electrons. The van der Waals surface area contributed by atoms with Crippen LogP contribution in [-0.4, -0.2) is 57.4 Å². The number of amides is 1. The van der Waals surface area contributed by atoms with Gasteiger partial charge < -0.3 is 13.7 Å². The van der Waals surface area contributed by atoms with Gasteiger partial charge in [-0.1, -0.05) is 12.1 Å². The second-order valence-corrected chi connectivity index (χ2v) is 8.64. The standard InChI is InChI=1S/C26H22F3N5O2/c27-26(28,29)25(35)33-11-2-10-32(12-13-33)17-21-24(19-6-4-18(15-30)5-7-19)31-23-9-8-20(16-34(21)23)22-3-1-14-36-22/h1,3-9,14,16H,2,10-13,17H2. The van der Waals surface area contributed by atoms with Crippen LogP contribution in [0.15, 0.2) is 65.4 Å². The molecule has 1 aromatic carbocycles. The SMILES string of the molecule is N#Cc1ccc(-c2nc3ccc(-c4ccco4)cn3c2CN2CCCN(C(=O)C(F)(F)F)CC2)cc1. The molecule has 0 N–H and O–H groups in total. The van der Waals surface area contributed by atoms with Crippen LogP contribution in [0.1, 0.15) is 17.7 Å². The number of pyridine rings is 1. The highest BCUT2D eigenvalue weighted by Gasteiger charge is 2.42. The number of halogens is 3. The molecule has 3 aromatic heterocycles. The molecule has 10 heteroatoms. The van der Waals surface area contributed by atoms with Crippen LogP contribution >= 0.6 is 0 Å². The quantitative estimate of drug-likeness (QED) is 0.411. The number of nitrogens with zero attached hydrogens (tertiary/aromatic N) is 5. The molecule has 0 saturated carbocycles. The number of alkyl halides is 3. The van der Waals surface area contributed by atoms with Crippen LogP contribution in [0.5, 0.6) is 0 Å². The minimum atomic E-state index is -4.87. The zero-order valence-electron chi connectivity index (χ0n) is 19.2.